The molecule has 0 unspecified atom stereocenters. The van der Waals surface area contributed by atoms with Gasteiger partial charge in [-0.2, -0.15) is 0 Å². The highest BCUT2D eigenvalue weighted by Gasteiger charge is 2.19. The van der Waals surface area contributed by atoms with Gasteiger partial charge in [0.25, 0.3) is 5.91 Å². The molecule has 1 aromatic carbocycles. The van der Waals surface area contributed by atoms with Gasteiger partial charge in [0.2, 0.25) is 0 Å². The van der Waals surface area contributed by atoms with E-state index in [1.165, 1.54) is 7.11 Å². The first kappa shape index (κ1) is 17.1. The van der Waals surface area contributed by atoms with E-state index in [0.717, 1.165) is 25.7 Å². The zero-order valence-corrected chi connectivity index (χ0v) is 14.1. The highest BCUT2D eigenvalue weighted by atomic mass is 16.5. The van der Waals surface area contributed by atoms with Gasteiger partial charge >= 0.3 is 5.97 Å². The number of hydrogen-bond donors (Lipinski definition) is 1. The lowest BCUT2D eigenvalue weighted by molar-refractivity contribution is 0.0600. The highest BCUT2D eigenvalue weighted by Crippen LogP contribution is 2.19. The molecule has 3 rings (SSSR count). The molecule has 2 aromatic rings. The molecule has 0 bridgehead atoms. The van der Waals surface area contributed by atoms with Gasteiger partial charge in [0.05, 0.1) is 12.7 Å². The third kappa shape index (κ3) is 4.41. The van der Waals surface area contributed by atoms with Crippen LogP contribution in [0.4, 0.5) is 0 Å². The van der Waals surface area contributed by atoms with Crippen molar-refractivity contribution in [3.8, 4) is 5.75 Å². The van der Waals surface area contributed by atoms with Gasteiger partial charge < -0.3 is 19.2 Å². The Morgan fingerprint density at radius 2 is 1.84 bits per heavy atom. The molecule has 1 N–H and O–H groups in total. The van der Waals surface area contributed by atoms with E-state index in [-0.39, 0.29) is 18.6 Å². The van der Waals surface area contributed by atoms with Crippen LogP contribution in [0.2, 0.25) is 0 Å². The Hall–Kier alpha value is -2.76. The molecule has 0 saturated heterocycles. The Balaban J connectivity index is 1.52. The van der Waals surface area contributed by atoms with E-state index < -0.39 is 5.97 Å². The fourth-order valence-corrected chi connectivity index (χ4v) is 2.86. The molecule has 1 aliphatic rings. The van der Waals surface area contributed by atoms with Crippen LogP contribution < -0.4 is 10.1 Å². The number of nitrogens with one attached hydrogen (secondary N) is 1. The SMILES string of the molecule is COC(=O)c1ccc(OCc2ccc(C(=O)NC3CCCC3)o2)cc1. The van der Waals surface area contributed by atoms with Crippen LogP contribution in [-0.2, 0) is 11.3 Å². The zero-order valence-electron chi connectivity index (χ0n) is 14.1. The third-order valence-corrected chi connectivity index (χ3v) is 4.23. The van der Waals surface area contributed by atoms with Crippen LogP contribution in [0.25, 0.3) is 0 Å². The molecule has 0 aliphatic heterocycles. The van der Waals surface area contributed by atoms with E-state index in [2.05, 4.69) is 10.1 Å². The normalized spacial score (nSPS) is 14.3. The Morgan fingerprint density at radius 1 is 1.12 bits per heavy atom. The monoisotopic (exact) mass is 343 g/mol. The third-order valence-electron chi connectivity index (χ3n) is 4.23. The van der Waals surface area contributed by atoms with Gasteiger partial charge in [-0.15, -0.1) is 0 Å². The van der Waals surface area contributed by atoms with Crippen molar-refractivity contribution in [2.45, 2.75) is 38.3 Å². The molecular formula is C19H21NO5. The number of amides is 1. The van der Waals surface area contributed by atoms with Crippen LogP contribution in [0.5, 0.6) is 5.75 Å². The second-order valence-electron chi connectivity index (χ2n) is 6.03. The molecule has 1 saturated carbocycles. The van der Waals surface area contributed by atoms with Gasteiger partial charge in [0.1, 0.15) is 18.1 Å². The molecule has 1 heterocycles. The molecule has 0 radical (unpaired) electrons. The lowest BCUT2D eigenvalue weighted by Gasteiger charge is -2.10. The second-order valence-corrected chi connectivity index (χ2v) is 6.03. The van der Waals surface area contributed by atoms with Crippen molar-refractivity contribution >= 4 is 11.9 Å². The van der Waals surface area contributed by atoms with Crippen LogP contribution in [0, 0.1) is 0 Å². The van der Waals surface area contributed by atoms with Crippen molar-refractivity contribution in [1.29, 1.82) is 0 Å². The van der Waals surface area contributed by atoms with Gasteiger partial charge in [-0.05, 0) is 49.2 Å². The fourth-order valence-electron chi connectivity index (χ4n) is 2.86. The molecule has 0 spiro atoms. The van der Waals surface area contributed by atoms with Gasteiger partial charge in [-0.1, -0.05) is 12.8 Å². The van der Waals surface area contributed by atoms with Crippen molar-refractivity contribution in [2.75, 3.05) is 7.11 Å². The van der Waals surface area contributed by atoms with Gasteiger partial charge in [-0.3, -0.25) is 4.79 Å². The van der Waals surface area contributed by atoms with Crippen LogP contribution in [0.3, 0.4) is 0 Å². The first-order valence-corrected chi connectivity index (χ1v) is 8.36. The van der Waals surface area contributed by atoms with E-state index in [9.17, 15) is 9.59 Å². The van der Waals surface area contributed by atoms with Crippen molar-refractivity contribution in [3.63, 3.8) is 0 Å². The summed E-state index contributed by atoms with van der Waals surface area (Å²) in [5.41, 5.74) is 0.457. The number of rotatable bonds is 6. The molecule has 6 heteroatoms. The lowest BCUT2D eigenvalue weighted by Crippen LogP contribution is -2.32. The first-order valence-electron chi connectivity index (χ1n) is 8.36. The van der Waals surface area contributed by atoms with E-state index in [4.69, 9.17) is 9.15 Å². The molecule has 132 valence electrons. The number of methoxy groups -OCH3 is 1. The van der Waals surface area contributed by atoms with Crippen LogP contribution in [0.1, 0.15) is 52.4 Å². The Labute approximate surface area is 146 Å². The van der Waals surface area contributed by atoms with Gasteiger partial charge in [0, 0.05) is 6.04 Å². The molecule has 6 nitrogen and oxygen atoms in total. The average Bonchev–Trinajstić information content (AvgIpc) is 3.31. The predicted octanol–water partition coefficient (Wildman–Crippen LogP) is 3.32. The van der Waals surface area contributed by atoms with Crippen LogP contribution in [0.15, 0.2) is 40.8 Å². The topological polar surface area (TPSA) is 77.8 Å². The first-order chi connectivity index (χ1) is 12.2. The van der Waals surface area contributed by atoms with E-state index in [1.807, 2.05) is 0 Å². The molecule has 25 heavy (non-hydrogen) atoms. The number of furan rings is 1. The predicted molar refractivity (Wildman–Crippen MR) is 90.5 cm³/mol. The van der Waals surface area contributed by atoms with E-state index in [0.29, 0.717) is 22.8 Å². The molecule has 1 amide bonds. The van der Waals surface area contributed by atoms with Crippen LogP contribution in [-0.4, -0.2) is 25.0 Å². The largest absolute Gasteiger partial charge is 0.486 e. The van der Waals surface area contributed by atoms with Crippen LogP contribution >= 0.6 is 0 Å². The van der Waals surface area contributed by atoms with Crippen molar-refractivity contribution in [2.24, 2.45) is 0 Å². The summed E-state index contributed by atoms with van der Waals surface area (Å²) in [6, 6.07) is 10.3. The quantitative estimate of drug-likeness (QED) is 0.814. The molecule has 0 atom stereocenters. The minimum Gasteiger partial charge on any atom is -0.486 e. The number of carbonyl (C=O) groups excluding carboxylic acids is 2. The maximum Gasteiger partial charge on any atom is 0.337 e. The smallest absolute Gasteiger partial charge is 0.337 e. The molecule has 1 fully saturated rings. The molecule has 1 aliphatic carbocycles. The summed E-state index contributed by atoms with van der Waals surface area (Å²) in [5.74, 6) is 0.886. The van der Waals surface area contributed by atoms with E-state index >= 15 is 0 Å². The Kier molecular flexibility index (Phi) is 5.38. The summed E-state index contributed by atoms with van der Waals surface area (Å²) in [4.78, 5) is 23.5. The highest BCUT2D eigenvalue weighted by molar-refractivity contribution is 5.91. The maximum absolute atomic E-state index is 12.1. The number of carbonyl (C=O) groups is 2. The van der Waals surface area contributed by atoms with Crippen molar-refractivity contribution in [1.82, 2.24) is 5.32 Å². The minimum absolute atomic E-state index is 0.180. The van der Waals surface area contributed by atoms with Gasteiger partial charge in [0.15, 0.2) is 5.76 Å². The maximum atomic E-state index is 12.1. The summed E-state index contributed by atoms with van der Waals surface area (Å²) in [5, 5.41) is 2.99. The summed E-state index contributed by atoms with van der Waals surface area (Å²) in [6.45, 7) is 0.203. The molecule has 1 aromatic heterocycles. The van der Waals surface area contributed by atoms with Gasteiger partial charge in [-0.25, -0.2) is 4.79 Å². The number of esters is 1. The lowest BCUT2D eigenvalue weighted by atomic mass is 10.2. The fraction of sp³-hybridized carbons (Fsp3) is 0.368. The molecular weight excluding hydrogens is 322 g/mol. The Morgan fingerprint density at radius 3 is 2.52 bits per heavy atom. The summed E-state index contributed by atoms with van der Waals surface area (Å²) in [6.07, 6.45) is 4.39. The van der Waals surface area contributed by atoms with Crippen molar-refractivity contribution < 1.29 is 23.5 Å². The summed E-state index contributed by atoms with van der Waals surface area (Å²) >= 11 is 0. The standard InChI is InChI=1S/C19H21NO5/c1-23-19(22)13-6-8-15(9-7-13)24-12-16-10-11-17(25-16)18(21)20-14-4-2-3-5-14/h6-11,14H,2-5,12H2,1H3,(H,20,21). The summed E-state index contributed by atoms with van der Waals surface area (Å²) < 4.78 is 15.8. The number of benzene rings is 1. The Bertz CT molecular complexity index is 729. The van der Waals surface area contributed by atoms with E-state index in [1.54, 1.807) is 36.4 Å². The number of ether oxygens (including phenoxy) is 2. The average molecular weight is 343 g/mol. The zero-order chi connectivity index (χ0) is 17.6. The summed E-state index contributed by atoms with van der Waals surface area (Å²) in [7, 11) is 1.34. The minimum atomic E-state index is -0.393. The number of hydrogen-bond acceptors (Lipinski definition) is 5. The second kappa shape index (κ2) is 7.88. The van der Waals surface area contributed by atoms with Crippen molar-refractivity contribution in [3.05, 3.63) is 53.5 Å².